The first-order chi connectivity index (χ1) is 10.4. The van der Waals surface area contributed by atoms with Gasteiger partial charge >= 0.3 is 5.97 Å². The molecule has 0 spiro atoms. The Morgan fingerprint density at radius 2 is 1.86 bits per heavy atom. The van der Waals surface area contributed by atoms with Gasteiger partial charge in [-0.15, -0.1) is 0 Å². The summed E-state index contributed by atoms with van der Waals surface area (Å²) in [6.07, 6.45) is 6.11. The smallest absolute Gasteiger partial charge is 0.335 e. The molecule has 1 aromatic carbocycles. The average molecular weight is 323 g/mol. The summed E-state index contributed by atoms with van der Waals surface area (Å²) in [6.45, 7) is 2.02. The van der Waals surface area contributed by atoms with Crippen molar-refractivity contribution in [1.29, 1.82) is 0 Å². The number of carboxylic acid groups (broad SMARTS) is 1. The Labute approximate surface area is 131 Å². The number of carbonyl (C=O) groups is 1. The molecular weight excluding hydrogens is 302 g/mol. The Balaban J connectivity index is 2.28. The normalized spacial score (nSPS) is 16.9. The predicted molar refractivity (Wildman–Crippen MR) is 84.9 cm³/mol. The van der Waals surface area contributed by atoms with Gasteiger partial charge in [0.1, 0.15) is 0 Å². The van der Waals surface area contributed by atoms with Crippen molar-refractivity contribution in [2.24, 2.45) is 5.92 Å². The molecule has 0 bridgehead atoms. The molecule has 1 fully saturated rings. The van der Waals surface area contributed by atoms with E-state index in [2.05, 4.69) is 4.72 Å². The fraction of sp³-hybridized carbons (Fsp3) is 0.438. The van der Waals surface area contributed by atoms with Crippen LogP contribution in [-0.4, -0.2) is 26.0 Å². The lowest BCUT2D eigenvalue weighted by molar-refractivity contribution is -0.130. The van der Waals surface area contributed by atoms with Gasteiger partial charge in [0, 0.05) is 6.54 Å². The largest absolute Gasteiger partial charge is 0.478 e. The summed E-state index contributed by atoms with van der Waals surface area (Å²) in [7, 11) is -3.51. The molecule has 0 aliphatic heterocycles. The molecule has 22 heavy (non-hydrogen) atoms. The predicted octanol–water partition coefficient (Wildman–Crippen LogP) is 2.64. The Bertz CT molecular complexity index is 656. The van der Waals surface area contributed by atoms with E-state index in [0.717, 1.165) is 25.7 Å². The Hall–Kier alpha value is -1.66. The van der Waals surface area contributed by atoms with E-state index in [0.29, 0.717) is 18.0 Å². The van der Waals surface area contributed by atoms with Crippen LogP contribution < -0.4 is 4.72 Å². The molecule has 0 amide bonds. The fourth-order valence-corrected chi connectivity index (χ4v) is 3.78. The minimum absolute atomic E-state index is 0.142. The van der Waals surface area contributed by atoms with Crippen molar-refractivity contribution in [1.82, 2.24) is 4.72 Å². The zero-order valence-electron chi connectivity index (χ0n) is 12.6. The summed E-state index contributed by atoms with van der Waals surface area (Å²) in [5, 5.41) is 9.40. The summed E-state index contributed by atoms with van der Waals surface area (Å²) >= 11 is 0. The van der Waals surface area contributed by atoms with Gasteiger partial charge in [0.2, 0.25) is 10.0 Å². The summed E-state index contributed by atoms with van der Waals surface area (Å²) in [5.74, 6) is -0.676. The van der Waals surface area contributed by atoms with Crippen molar-refractivity contribution in [3.05, 3.63) is 35.9 Å². The van der Waals surface area contributed by atoms with E-state index < -0.39 is 16.0 Å². The Kier molecular flexibility index (Phi) is 5.37. The van der Waals surface area contributed by atoms with Crippen LogP contribution in [0.15, 0.2) is 35.2 Å². The molecular formula is C16H21NO4S. The Morgan fingerprint density at radius 3 is 2.36 bits per heavy atom. The lowest BCUT2D eigenvalue weighted by Crippen LogP contribution is -2.23. The summed E-state index contributed by atoms with van der Waals surface area (Å²) < 4.78 is 26.2. The van der Waals surface area contributed by atoms with Crippen molar-refractivity contribution in [3.8, 4) is 0 Å². The molecule has 0 aromatic heterocycles. The zero-order valence-corrected chi connectivity index (χ0v) is 13.4. The van der Waals surface area contributed by atoms with E-state index >= 15 is 0 Å². The van der Waals surface area contributed by atoms with Gasteiger partial charge in [0.15, 0.2) is 0 Å². The first-order valence-corrected chi connectivity index (χ1v) is 8.97. The van der Waals surface area contributed by atoms with Crippen molar-refractivity contribution in [2.75, 3.05) is 6.54 Å². The molecule has 2 rings (SSSR count). The van der Waals surface area contributed by atoms with E-state index in [1.165, 1.54) is 12.1 Å². The summed E-state index contributed by atoms with van der Waals surface area (Å²) in [4.78, 5) is 11.6. The summed E-state index contributed by atoms with van der Waals surface area (Å²) in [5.41, 5.74) is 0.786. The first kappa shape index (κ1) is 16.7. The van der Waals surface area contributed by atoms with Gasteiger partial charge in [0.05, 0.1) is 10.5 Å². The van der Waals surface area contributed by atoms with Crippen LogP contribution >= 0.6 is 0 Å². The van der Waals surface area contributed by atoms with E-state index in [1.807, 2.05) is 6.08 Å². The highest BCUT2D eigenvalue weighted by Crippen LogP contribution is 2.29. The maximum atomic E-state index is 11.9. The SMILES string of the molecule is CCNS(=O)(=O)c1ccc(/C(=C\C2CCCC2)C(=O)O)cc1. The minimum Gasteiger partial charge on any atom is -0.478 e. The number of carboxylic acids is 1. The molecule has 5 nitrogen and oxygen atoms in total. The van der Waals surface area contributed by atoms with Gasteiger partial charge in [-0.25, -0.2) is 17.9 Å². The number of aliphatic carboxylic acids is 1. The molecule has 0 unspecified atom stereocenters. The molecule has 1 aliphatic carbocycles. The van der Waals surface area contributed by atoms with Crippen LogP contribution in [0.25, 0.3) is 5.57 Å². The number of nitrogens with one attached hydrogen (secondary N) is 1. The van der Waals surface area contributed by atoms with Crippen LogP contribution in [0.4, 0.5) is 0 Å². The van der Waals surface area contributed by atoms with E-state index in [4.69, 9.17) is 0 Å². The van der Waals surface area contributed by atoms with Gasteiger partial charge in [-0.2, -0.15) is 0 Å². The van der Waals surface area contributed by atoms with Gasteiger partial charge in [-0.05, 0) is 36.5 Å². The number of allylic oxidation sites excluding steroid dienone is 1. The van der Waals surface area contributed by atoms with E-state index in [9.17, 15) is 18.3 Å². The van der Waals surface area contributed by atoms with Crippen LogP contribution in [0.5, 0.6) is 0 Å². The molecule has 0 radical (unpaired) electrons. The highest BCUT2D eigenvalue weighted by atomic mass is 32.2. The molecule has 2 N–H and O–H groups in total. The second kappa shape index (κ2) is 7.07. The van der Waals surface area contributed by atoms with Crippen LogP contribution in [0, 0.1) is 5.92 Å². The quantitative estimate of drug-likeness (QED) is 0.788. The van der Waals surface area contributed by atoms with Crippen molar-refractivity contribution in [3.63, 3.8) is 0 Å². The zero-order chi connectivity index (χ0) is 16.2. The molecule has 6 heteroatoms. The Morgan fingerprint density at radius 1 is 1.27 bits per heavy atom. The second-order valence-electron chi connectivity index (χ2n) is 5.46. The number of benzene rings is 1. The first-order valence-electron chi connectivity index (χ1n) is 7.49. The molecule has 1 aliphatic rings. The summed E-state index contributed by atoms with van der Waals surface area (Å²) in [6, 6.07) is 6.00. The third kappa shape index (κ3) is 3.96. The number of hydrogen-bond donors (Lipinski definition) is 2. The van der Waals surface area contributed by atoms with Crippen LogP contribution in [0.1, 0.15) is 38.2 Å². The van der Waals surface area contributed by atoms with Crippen molar-refractivity contribution < 1.29 is 18.3 Å². The van der Waals surface area contributed by atoms with Crippen LogP contribution in [-0.2, 0) is 14.8 Å². The third-order valence-corrected chi connectivity index (χ3v) is 5.40. The molecule has 120 valence electrons. The molecule has 0 saturated heterocycles. The number of sulfonamides is 1. The maximum Gasteiger partial charge on any atom is 0.335 e. The second-order valence-corrected chi connectivity index (χ2v) is 7.22. The number of hydrogen-bond acceptors (Lipinski definition) is 3. The lowest BCUT2D eigenvalue weighted by atomic mass is 9.99. The molecule has 1 saturated carbocycles. The maximum absolute atomic E-state index is 11.9. The highest BCUT2D eigenvalue weighted by molar-refractivity contribution is 7.89. The molecule has 0 atom stereocenters. The lowest BCUT2D eigenvalue weighted by Gasteiger charge is -2.09. The van der Waals surface area contributed by atoms with Gasteiger partial charge in [-0.1, -0.05) is 38.0 Å². The molecule has 1 aromatic rings. The minimum atomic E-state index is -3.51. The van der Waals surface area contributed by atoms with Crippen molar-refractivity contribution in [2.45, 2.75) is 37.5 Å². The highest BCUT2D eigenvalue weighted by Gasteiger charge is 2.19. The van der Waals surface area contributed by atoms with E-state index in [-0.39, 0.29) is 10.5 Å². The fourth-order valence-electron chi connectivity index (χ4n) is 2.74. The van der Waals surface area contributed by atoms with Gasteiger partial charge in [0.25, 0.3) is 0 Å². The van der Waals surface area contributed by atoms with Crippen molar-refractivity contribution >= 4 is 21.6 Å². The topological polar surface area (TPSA) is 83.5 Å². The average Bonchev–Trinajstić information content (AvgIpc) is 2.97. The standard InChI is InChI=1S/C16H21NO4S/c1-2-17-22(20,21)14-9-7-13(8-10-14)15(16(18)19)11-12-5-3-4-6-12/h7-12,17H,2-6H2,1H3,(H,18,19)/b15-11+. The van der Waals surface area contributed by atoms with Gasteiger partial charge in [-0.3, -0.25) is 0 Å². The molecule has 0 heterocycles. The van der Waals surface area contributed by atoms with Gasteiger partial charge < -0.3 is 5.11 Å². The third-order valence-electron chi connectivity index (χ3n) is 3.84. The monoisotopic (exact) mass is 323 g/mol. The van der Waals surface area contributed by atoms with E-state index in [1.54, 1.807) is 19.1 Å². The van der Waals surface area contributed by atoms with Crippen LogP contribution in [0.2, 0.25) is 0 Å². The van der Waals surface area contributed by atoms with Crippen LogP contribution in [0.3, 0.4) is 0 Å². The number of rotatable bonds is 6.